The Balaban J connectivity index is 3.52. The molecule has 0 radical (unpaired) electrons. The zero-order chi connectivity index (χ0) is 12.9. The summed E-state index contributed by atoms with van der Waals surface area (Å²) in [5, 5.41) is 0. The van der Waals surface area contributed by atoms with E-state index in [0.29, 0.717) is 13.2 Å². The van der Waals surface area contributed by atoms with Crippen LogP contribution in [0.3, 0.4) is 0 Å². The normalized spacial score (nSPS) is 10.9. The van der Waals surface area contributed by atoms with Crippen molar-refractivity contribution in [3.8, 4) is 0 Å². The first-order valence-electron chi connectivity index (χ1n) is 5.87. The topological polar surface area (TPSA) is 52.6 Å². The van der Waals surface area contributed by atoms with Gasteiger partial charge in [-0.05, 0) is 33.1 Å². The van der Waals surface area contributed by atoms with E-state index in [2.05, 4.69) is 0 Å². The first-order valence-corrected chi connectivity index (χ1v) is 5.87. The molecule has 96 valence electrons. The number of hydrogen-bond acceptors (Lipinski definition) is 4. The van der Waals surface area contributed by atoms with Crippen molar-refractivity contribution in [1.82, 2.24) is 0 Å². The van der Waals surface area contributed by atoms with Crippen molar-refractivity contribution in [1.29, 1.82) is 0 Å². The summed E-state index contributed by atoms with van der Waals surface area (Å²) in [6.45, 7) is 4.33. The fourth-order valence-corrected chi connectivity index (χ4v) is 1.09. The molecule has 0 unspecified atom stereocenters. The third-order valence-corrected chi connectivity index (χ3v) is 1.82. The molecule has 0 aliphatic rings. The van der Waals surface area contributed by atoms with Crippen LogP contribution in [0.15, 0.2) is 24.3 Å². The molecule has 0 saturated carbocycles. The zero-order valence-electron chi connectivity index (χ0n) is 10.5. The number of allylic oxidation sites excluding steroid dienone is 2. The van der Waals surface area contributed by atoms with E-state index in [1.807, 2.05) is 0 Å². The lowest BCUT2D eigenvalue weighted by Crippen LogP contribution is -1.98. The molecule has 0 aliphatic carbocycles. The molecule has 0 amide bonds. The van der Waals surface area contributed by atoms with Crippen molar-refractivity contribution < 1.29 is 19.1 Å². The molecule has 17 heavy (non-hydrogen) atoms. The highest BCUT2D eigenvalue weighted by Gasteiger charge is 1.93. The smallest absolute Gasteiger partial charge is 0.330 e. The first kappa shape index (κ1) is 15.4. The van der Waals surface area contributed by atoms with Crippen molar-refractivity contribution in [2.24, 2.45) is 0 Å². The fraction of sp³-hybridized carbons (Fsp3) is 0.538. The van der Waals surface area contributed by atoms with Gasteiger partial charge in [-0.2, -0.15) is 0 Å². The summed E-state index contributed by atoms with van der Waals surface area (Å²) in [6, 6.07) is 0. The maximum atomic E-state index is 10.9. The number of esters is 2. The molecule has 0 aromatic rings. The Morgan fingerprint density at radius 3 is 1.65 bits per heavy atom. The molecular weight excluding hydrogens is 220 g/mol. The van der Waals surface area contributed by atoms with Gasteiger partial charge in [-0.25, -0.2) is 9.59 Å². The molecule has 0 aromatic carbocycles. The maximum Gasteiger partial charge on any atom is 0.330 e. The van der Waals surface area contributed by atoms with E-state index < -0.39 is 0 Å². The van der Waals surface area contributed by atoms with Crippen LogP contribution in [0.1, 0.15) is 33.1 Å². The molecule has 0 aliphatic heterocycles. The first-order chi connectivity index (χ1) is 8.20. The predicted molar refractivity (Wildman–Crippen MR) is 65.4 cm³/mol. The van der Waals surface area contributed by atoms with Gasteiger partial charge in [0.2, 0.25) is 0 Å². The van der Waals surface area contributed by atoms with Crippen LogP contribution in [0.5, 0.6) is 0 Å². The van der Waals surface area contributed by atoms with E-state index in [-0.39, 0.29) is 11.9 Å². The molecule has 0 fully saturated rings. The molecule has 0 N–H and O–H groups in total. The Bertz CT molecular complexity index is 251. The largest absolute Gasteiger partial charge is 0.463 e. The fourth-order valence-electron chi connectivity index (χ4n) is 1.09. The van der Waals surface area contributed by atoms with Crippen LogP contribution in [-0.4, -0.2) is 25.2 Å². The van der Waals surface area contributed by atoms with E-state index in [4.69, 9.17) is 9.47 Å². The van der Waals surface area contributed by atoms with Gasteiger partial charge in [0.1, 0.15) is 0 Å². The standard InChI is InChI=1S/C13H20O4/c1-3-16-12(14)10-8-6-5-7-9-11-13(15)17-4-2/h8-11H,3-7H2,1-2H3/b10-8-,11-9+. The number of rotatable bonds is 8. The minimum atomic E-state index is -0.311. The number of carbonyl (C=O) groups is 2. The molecular formula is C13H20O4. The average Bonchev–Trinajstić information content (AvgIpc) is 2.28. The van der Waals surface area contributed by atoms with Gasteiger partial charge < -0.3 is 9.47 Å². The highest BCUT2D eigenvalue weighted by molar-refractivity contribution is 5.82. The summed E-state index contributed by atoms with van der Waals surface area (Å²) in [5.41, 5.74) is 0. The second kappa shape index (κ2) is 10.9. The van der Waals surface area contributed by atoms with Gasteiger partial charge in [-0.3, -0.25) is 0 Å². The predicted octanol–water partition coefficient (Wildman–Crippen LogP) is 2.40. The van der Waals surface area contributed by atoms with Crippen LogP contribution in [0.25, 0.3) is 0 Å². The minimum absolute atomic E-state index is 0.311. The summed E-state index contributed by atoms with van der Waals surface area (Å²) >= 11 is 0. The van der Waals surface area contributed by atoms with E-state index in [0.717, 1.165) is 19.3 Å². The Morgan fingerprint density at radius 1 is 0.882 bits per heavy atom. The lowest BCUT2D eigenvalue weighted by molar-refractivity contribution is -0.138. The van der Waals surface area contributed by atoms with Gasteiger partial charge in [0, 0.05) is 12.2 Å². The van der Waals surface area contributed by atoms with E-state index >= 15 is 0 Å². The van der Waals surface area contributed by atoms with Crippen LogP contribution in [-0.2, 0) is 19.1 Å². The van der Waals surface area contributed by atoms with Crippen LogP contribution in [0, 0.1) is 0 Å². The van der Waals surface area contributed by atoms with Gasteiger partial charge in [-0.1, -0.05) is 12.2 Å². The summed E-state index contributed by atoms with van der Waals surface area (Å²) in [5.74, 6) is -0.621. The van der Waals surface area contributed by atoms with Crippen molar-refractivity contribution in [2.75, 3.05) is 13.2 Å². The summed E-state index contributed by atoms with van der Waals surface area (Å²) in [6.07, 6.45) is 8.85. The number of ether oxygens (including phenoxy) is 2. The molecule has 0 spiro atoms. The summed E-state index contributed by atoms with van der Waals surface area (Å²) < 4.78 is 9.45. The van der Waals surface area contributed by atoms with Crippen LogP contribution in [0.4, 0.5) is 0 Å². The quantitative estimate of drug-likeness (QED) is 0.371. The van der Waals surface area contributed by atoms with Crippen LogP contribution >= 0.6 is 0 Å². The molecule has 0 bridgehead atoms. The molecule has 4 nitrogen and oxygen atoms in total. The van der Waals surface area contributed by atoms with Gasteiger partial charge in [0.05, 0.1) is 13.2 Å². The van der Waals surface area contributed by atoms with E-state index in [1.165, 1.54) is 12.2 Å². The number of carbonyl (C=O) groups excluding carboxylic acids is 2. The molecule has 0 aromatic heterocycles. The van der Waals surface area contributed by atoms with Crippen molar-refractivity contribution in [3.63, 3.8) is 0 Å². The van der Waals surface area contributed by atoms with Crippen molar-refractivity contribution in [2.45, 2.75) is 33.1 Å². The summed E-state index contributed by atoms with van der Waals surface area (Å²) in [7, 11) is 0. The molecule has 0 rings (SSSR count). The van der Waals surface area contributed by atoms with Gasteiger partial charge in [-0.15, -0.1) is 0 Å². The SMILES string of the molecule is CCOC(=O)/C=C\CCC/C=C/C(=O)OCC. The van der Waals surface area contributed by atoms with Crippen molar-refractivity contribution in [3.05, 3.63) is 24.3 Å². The maximum absolute atomic E-state index is 10.9. The lowest BCUT2D eigenvalue weighted by Gasteiger charge is -1.95. The van der Waals surface area contributed by atoms with E-state index in [9.17, 15) is 9.59 Å². The highest BCUT2D eigenvalue weighted by Crippen LogP contribution is 1.98. The van der Waals surface area contributed by atoms with E-state index in [1.54, 1.807) is 26.0 Å². The van der Waals surface area contributed by atoms with Crippen LogP contribution in [0.2, 0.25) is 0 Å². The minimum Gasteiger partial charge on any atom is -0.463 e. The molecule has 0 heterocycles. The third-order valence-electron chi connectivity index (χ3n) is 1.82. The average molecular weight is 240 g/mol. The molecule has 0 atom stereocenters. The third kappa shape index (κ3) is 10.7. The second-order valence-electron chi connectivity index (χ2n) is 3.24. The second-order valence-corrected chi connectivity index (χ2v) is 3.24. The lowest BCUT2D eigenvalue weighted by atomic mass is 10.2. The van der Waals surface area contributed by atoms with Gasteiger partial charge >= 0.3 is 11.9 Å². The Kier molecular flexibility index (Phi) is 9.91. The van der Waals surface area contributed by atoms with Crippen molar-refractivity contribution >= 4 is 11.9 Å². The number of unbranched alkanes of at least 4 members (excludes halogenated alkanes) is 2. The molecule has 4 heteroatoms. The Labute approximate surface area is 102 Å². The number of hydrogen-bond donors (Lipinski definition) is 0. The zero-order valence-corrected chi connectivity index (χ0v) is 10.5. The Morgan fingerprint density at radius 2 is 1.29 bits per heavy atom. The van der Waals surface area contributed by atoms with Gasteiger partial charge in [0.15, 0.2) is 0 Å². The highest BCUT2D eigenvalue weighted by atomic mass is 16.5. The summed E-state index contributed by atoms with van der Waals surface area (Å²) in [4.78, 5) is 21.8. The molecule has 0 saturated heterocycles. The monoisotopic (exact) mass is 240 g/mol. The van der Waals surface area contributed by atoms with Crippen LogP contribution < -0.4 is 0 Å². The van der Waals surface area contributed by atoms with Gasteiger partial charge in [0.25, 0.3) is 0 Å². The Hall–Kier alpha value is -1.58.